The van der Waals surface area contributed by atoms with Gasteiger partial charge in [0.15, 0.2) is 6.54 Å². The van der Waals surface area contributed by atoms with E-state index in [1.165, 1.54) is 0 Å². The van der Waals surface area contributed by atoms with Crippen molar-refractivity contribution in [2.24, 2.45) is 0 Å². The number of likely N-dealkylation sites (N-methyl/N-ethyl adjacent to an activating group) is 2. The van der Waals surface area contributed by atoms with Crippen LogP contribution in [0.5, 0.6) is 5.75 Å². The second kappa shape index (κ2) is 9.02. The molecular formula is C20H26BrN2O2+. The van der Waals surface area contributed by atoms with E-state index in [2.05, 4.69) is 35.0 Å². The fraction of sp³-hybridized carbons (Fsp3) is 0.350. The molecule has 0 aromatic heterocycles. The van der Waals surface area contributed by atoms with Gasteiger partial charge in [0.2, 0.25) is 0 Å². The van der Waals surface area contributed by atoms with Gasteiger partial charge in [0.05, 0.1) is 20.2 Å². The summed E-state index contributed by atoms with van der Waals surface area (Å²) in [6, 6.07) is 16.1. The van der Waals surface area contributed by atoms with Gasteiger partial charge in [0, 0.05) is 17.1 Å². The normalized spacial score (nSPS) is 13.2. The van der Waals surface area contributed by atoms with Crippen LogP contribution in [-0.2, 0) is 11.3 Å². The fourth-order valence-corrected chi connectivity index (χ4v) is 3.24. The zero-order valence-electron chi connectivity index (χ0n) is 15.3. The van der Waals surface area contributed by atoms with Crippen LogP contribution in [-0.4, -0.2) is 38.6 Å². The number of carbonyl (C=O) groups excluding carboxylic acids is 1. The minimum atomic E-state index is 0.0573. The highest BCUT2D eigenvalue weighted by molar-refractivity contribution is 9.10. The number of amides is 1. The number of halogens is 1. The lowest BCUT2D eigenvalue weighted by Crippen LogP contribution is -3.08. The van der Waals surface area contributed by atoms with Crippen molar-refractivity contribution in [1.29, 1.82) is 0 Å². The maximum absolute atomic E-state index is 12.6. The molecule has 1 amide bonds. The number of carbonyl (C=O) groups is 1. The third-order valence-corrected chi connectivity index (χ3v) is 4.94. The Hall–Kier alpha value is -1.85. The van der Waals surface area contributed by atoms with Gasteiger partial charge in [0.25, 0.3) is 5.91 Å². The maximum Gasteiger partial charge on any atom is 0.278 e. The topological polar surface area (TPSA) is 34.0 Å². The van der Waals surface area contributed by atoms with E-state index >= 15 is 0 Å². The van der Waals surface area contributed by atoms with E-state index in [1.54, 1.807) is 7.11 Å². The van der Waals surface area contributed by atoms with Gasteiger partial charge < -0.3 is 14.5 Å². The number of hydrogen-bond donors (Lipinski definition) is 1. The Morgan fingerprint density at radius 1 is 1.24 bits per heavy atom. The molecule has 0 heterocycles. The molecule has 0 spiro atoms. The zero-order valence-corrected chi connectivity index (χ0v) is 16.8. The van der Waals surface area contributed by atoms with E-state index < -0.39 is 0 Å². The Bertz CT molecular complexity index is 706. The summed E-state index contributed by atoms with van der Waals surface area (Å²) in [6.07, 6.45) is 0. The monoisotopic (exact) mass is 405 g/mol. The summed E-state index contributed by atoms with van der Waals surface area (Å²) in [5, 5.41) is 0. The molecule has 0 fully saturated rings. The summed E-state index contributed by atoms with van der Waals surface area (Å²) in [4.78, 5) is 15.6. The number of rotatable bonds is 7. The van der Waals surface area contributed by atoms with Gasteiger partial charge in [0.1, 0.15) is 12.3 Å². The summed E-state index contributed by atoms with van der Waals surface area (Å²) in [7, 11) is 5.56. The number of hydrogen-bond acceptors (Lipinski definition) is 2. The number of nitrogens with zero attached hydrogens (tertiary/aromatic N) is 1. The Kier molecular flexibility index (Phi) is 7.02. The average Bonchev–Trinajstić information content (AvgIpc) is 2.61. The molecule has 2 rings (SSSR count). The molecule has 0 radical (unpaired) electrons. The van der Waals surface area contributed by atoms with Gasteiger partial charge in [-0.3, -0.25) is 4.79 Å². The molecule has 0 saturated carbocycles. The Balaban J connectivity index is 1.99. The minimum absolute atomic E-state index is 0.0573. The van der Waals surface area contributed by atoms with Crippen LogP contribution in [0.15, 0.2) is 53.0 Å². The minimum Gasteiger partial charge on any atom is -0.496 e. The van der Waals surface area contributed by atoms with Gasteiger partial charge in [-0.2, -0.15) is 0 Å². The fourth-order valence-electron chi connectivity index (χ4n) is 2.83. The van der Waals surface area contributed by atoms with Crippen LogP contribution in [0.1, 0.15) is 24.1 Å². The second-order valence-electron chi connectivity index (χ2n) is 6.36. The van der Waals surface area contributed by atoms with Crippen LogP contribution in [0.3, 0.4) is 0 Å². The van der Waals surface area contributed by atoms with Crippen molar-refractivity contribution in [3.05, 3.63) is 64.1 Å². The molecule has 0 aliphatic rings. The molecule has 5 heteroatoms. The molecule has 0 aliphatic carbocycles. The lowest BCUT2D eigenvalue weighted by Gasteiger charge is -2.26. The molecule has 0 saturated heterocycles. The van der Waals surface area contributed by atoms with E-state index in [0.717, 1.165) is 32.8 Å². The summed E-state index contributed by atoms with van der Waals surface area (Å²) in [5.41, 5.74) is 2.23. The van der Waals surface area contributed by atoms with Crippen molar-refractivity contribution < 1.29 is 14.4 Å². The van der Waals surface area contributed by atoms with Crippen molar-refractivity contribution in [2.75, 3.05) is 27.7 Å². The van der Waals surface area contributed by atoms with Crippen LogP contribution < -0.4 is 9.64 Å². The van der Waals surface area contributed by atoms with Crippen molar-refractivity contribution >= 4 is 21.8 Å². The molecule has 0 bridgehead atoms. The predicted molar refractivity (Wildman–Crippen MR) is 104 cm³/mol. The maximum atomic E-state index is 12.6. The first-order valence-corrected chi connectivity index (χ1v) is 9.16. The summed E-state index contributed by atoms with van der Waals surface area (Å²) in [5.74, 6) is 0.976. The molecule has 2 atom stereocenters. The van der Waals surface area contributed by atoms with Crippen molar-refractivity contribution in [3.8, 4) is 5.75 Å². The van der Waals surface area contributed by atoms with Crippen LogP contribution >= 0.6 is 15.9 Å². The highest BCUT2D eigenvalue weighted by atomic mass is 79.9. The molecule has 1 unspecified atom stereocenters. The lowest BCUT2D eigenvalue weighted by atomic mass is 10.1. The number of ether oxygens (including phenoxy) is 1. The summed E-state index contributed by atoms with van der Waals surface area (Å²) >= 11 is 3.49. The van der Waals surface area contributed by atoms with Gasteiger partial charge in [-0.1, -0.05) is 46.3 Å². The van der Waals surface area contributed by atoms with Crippen LogP contribution in [0, 0.1) is 0 Å². The third-order valence-electron chi connectivity index (χ3n) is 4.44. The molecule has 0 aliphatic heterocycles. The van der Waals surface area contributed by atoms with Crippen molar-refractivity contribution in [3.63, 3.8) is 0 Å². The van der Waals surface area contributed by atoms with Crippen LogP contribution in [0.25, 0.3) is 0 Å². The highest BCUT2D eigenvalue weighted by Gasteiger charge is 2.21. The molecule has 4 nitrogen and oxygen atoms in total. The Labute approximate surface area is 158 Å². The first-order valence-electron chi connectivity index (χ1n) is 8.36. The highest BCUT2D eigenvalue weighted by Crippen LogP contribution is 2.22. The van der Waals surface area contributed by atoms with E-state index in [4.69, 9.17) is 4.74 Å². The first kappa shape index (κ1) is 19.5. The largest absolute Gasteiger partial charge is 0.496 e. The standard InChI is InChI=1S/C20H25BrN2O2/c1-15(16-8-6-5-7-9-16)23(3)20(24)14-22(2)13-17-12-18(21)10-11-19(17)25-4/h5-12,15H,13-14H2,1-4H3/p+1/t15-/m0/s1. The van der Waals surface area contributed by atoms with Crippen molar-refractivity contribution in [2.45, 2.75) is 19.5 Å². The smallest absolute Gasteiger partial charge is 0.278 e. The molecule has 2 aromatic rings. The van der Waals surface area contributed by atoms with E-state index in [0.29, 0.717) is 6.54 Å². The number of quaternary nitrogens is 1. The summed E-state index contributed by atoms with van der Waals surface area (Å²) < 4.78 is 6.43. The molecule has 25 heavy (non-hydrogen) atoms. The Morgan fingerprint density at radius 3 is 2.56 bits per heavy atom. The second-order valence-corrected chi connectivity index (χ2v) is 7.27. The third kappa shape index (κ3) is 5.31. The number of nitrogens with one attached hydrogen (secondary N) is 1. The molecule has 2 aromatic carbocycles. The quantitative estimate of drug-likeness (QED) is 0.768. The SMILES string of the molecule is COc1ccc(Br)cc1C[NH+](C)CC(=O)N(C)[C@@H](C)c1ccccc1. The lowest BCUT2D eigenvalue weighted by molar-refractivity contribution is -0.885. The summed E-state index contributed by atoms with van der Waals surface area (Å²) in [6.45, 7) is 3.21. The van der Waals surface area contributed by atoms with Crippen LogP contribution in [0.2, 0.25) is 0 Å². The van der Waals surface area contributed by atoms with Gasteiger partial charge in [-0.15, -0.1) is 0 Å². The average molecular weight is 406 g/mol. The Morgan fingerprint density at radius 2 is 1.92 bits per heavy atom. The molecule has 1 N–H and O–H groups in total. The van der Waals surface area contributed by atoms with Crippen molar-refractivity contribution in [1.82, 2.24) is 4.90 Å². The van der Waals surface area contributed by atoms with Gasteiger partial charge in [-0.25, -0.2) is 0 Å². The molecule has 134 valence electrons. The van der Waals surface area contributed by atoms with E-state index in [9.17, 15) is 4.79 Å². The van der Waals surface area contributed by atoms with Gasteiger partial charge in [-0.05, 0) is 30.7 Å². The zero-order chi connectivity index (χ0) is 18.4. The van der Waals surface area contributed by atoms with E-state index in [1.807, 2.05) is 55.4 Å². The predicted octanol–water partition coefficient (Wildman–Crippen LogP) is 2.69. The van der Waals surface area contributed by atoms with Gasteiger partial charge >= 0.3 is 0 Å². The number of methoxy groups -OCH3 is 1. The van der Waals surface area contributed by atoms with E-state index in [-0.39, 0.29) is 11.9 Å². The first-order chi connectivity index (χ1) is 11.9. The van der Waals surface area contributed by atoms with Crippen LogP contribution in [0.4, 0.5) is 0 Å². The number of benzene rings is 2. The molecular weight excluding hydrogens is 380 g/mol.